The molecule has 3 rings (SSSR count). The Bertz CT molecular complexity index is 586. The minimum absolute atomic E-state index is 0.0125. The van der Waals surface area contributed by atoms with E-state index in [2.05, 4.69) is 41.4 Å². The fourth-order valence-electron chi connectivity index (χ4n) is 4.48. The van der Waals surface area contributed by atoms with Crippen LogP contribution in [-0.2, 0) is 9.53 Å². The van der Waals surface area contributed by atoms with Crippen molar-refractivity contribution in [3.63, 3.8) is 0 Å². The highest BCUT2D eigenvalue weighted by molar-refractivity contribution is 5.92. The smallest absolute Gasteiger partial charge is 0.408 e. The highest BCUT2D eigenvalue weighted by Gasteiger charge is 2.63. The molecule has 5 unspecified atom stereocenters. The molecule has 5 atom stereocenters. The van der Waals surface area contributed by atoms with Crippen molar-refractivity contribution in [1.29, 1.82) is 0 Å². The Labute approximate surface area is 135 Å². The summed E-state index contributed by atoms with van der Waals surface area (Å²) >= 11 is 0. The van der Waals surface area contributed by atoms with Crippen LogP contribution in [0.15, 0.2) is 5.11 Å². The average molecular weight is 321 g/mol. The van der Waals surface area contributed by atoms with E-state index in [1.165, 1.54) is 6.42 Å². The number of β-lactam (4-membered cyclic amide) rings is 1. The van der Waals surface area contributed by atoms with Gasteiger partial charge in [0.25, 0.3) is 0 Å². The van der Waals surface area contributed by atoms with E-state index in [-0.39, 0.29) is 35.4 Å². The fraction of sp³-hybridized carbons (Fsp3) is 0.867. The number of fused-ring (bicyclic) bond motifs is 2. The fourth-order valence-corrected chi connectivity index (χ4v) is 4.48. The molecule has 3 aliphatic rings. The molecule has 2 N–H and O–H groups in total. The second-order valence-corrected chi connectivity index (χ2v) is 7.65. The zero-order chi connectivity index (χ0) is 16.8. The third-order valence-corrected chi connectivity index (χ3v) is 6.59. The predicted octanol–water partition coefficient (Wildman–Crippen LogP) is 2.10. The lowest BCUT2D eigenvalue weighted by atomic mass is 9.70. The summed E-state index contributed by atoms with van der Waals surface area (Å²) in [4.78, 5) is 26.4. The van der Waals surface area contributed by atoms with Crippen LogP contribution < -0.4 is 10.6 Å². The number of hydrogen-bond donors (Lipinski definition) is 2. The highest BCUT2D eigenvalue weighted by atomic mass is 16.6. The molecule has 1 aliphatic heterocycles. The number of carbonyl (C=O) groups is 2. The first-order chi connectivity index (χ1) is 10.8. The Hall–Kier alpha value is -1.95. The van der Waals surface area contributed by atoms with Gasteiger partial charge in [0.15, 0.2) is 0 Å². The molecule has 0 spiro atoms. The van der Waals surface area contributed by atoms with E-state index >= 15 is 0 Å². The molecule has 0 radical (unpaired) electrons. The Morgan fingerprint density at radius 1 is 1.52 bits per heavy atom. The normalized spacial score (nSPS) is 39.9. The number of hydrogen-bond acceptors (Lipinski definition) is 4. The van der Waals surface area contributed by atoms with Crippen molar-refractivity contribution in [3.8, 4) is 0 Å². The Morgan fingerprint density at radius 2 is 2.26 bits per heavy atom. The second-order valence-electron chi connectivity index (χ2n) is 7.65. The van der Waals surface area contributed by atoms with Crippen LogP contribution in [0.2, 0.25) is 0 Å². The molecular formula is C15H23N5O3. The maximum absolute atomic E-state index is 12.2. The molecule has 23 heavy (non-hydrogen) atoms. The van der Waals surface area contributed by atoms with Crippen LogP contribution in [0.1, 0.15) is 40.0 Å². The van der Waals surface area contributed by atoms with Crippen LogP contribution in [0.4, 0.5) is 4.79 Å². The lowest BCUT2D eigenvalue weighted by Crippen LogP contribution is -2.70. The van der Waals surface area contributed by atoms with Crippen LogP contribution in [0, 0.1) is 16.7 Å². The summed E-state index contributed by atoms with van der Waals surface area (Å²) in [5, 5.41) is 8.62. The molecule has 3 fully saturated rings. The van der Waals surface area contributed by atoms with Crippen molar-refractivity contribution >= 4 is 12.0 Å². The third-order valence-electron chi connectivity index (χ3n) is 6.59. The molecule has 2 bridgehead atoms. The molecule has 2 amide bonds. The molecule has 8 nitrogen and oxygen atoms in total. The van der Waals surface area contributed by atoms with Crippen LogP contribution in [0.3, 0.4) is 0 Å². The number of amides is 2. The number of ether oxygens (including phenoxy) is 1. The van der Waals surface area contributed by atoms with Crippen molar-refractivity contribution in [3.05, 3.63) is 10.4 Å². The molecule has 126 valence electrons. The van der Waals surface area contributed by atoms with Gasteiger partial charge in [-0.15, -0.1) is 0 Å². The van der Waals surface area contributed by atoms with Crippen molar-refractivity contribution in [1.82, 2.24) is 10.6 Å². The van der Waals surface area contributed by atoms with Crippen LogP contribution in [0.5, 0.6) is 0 Å². The highest BCUT2D eigenvalue weighted by Crippen LogP contribution is 2.66. The van der Waals surface area contributed by atoms with Gasteiger partial charge in [-0.3, -0.25) is 4.79 Å². The number of alkyl carbamates (subject to hydrolysis) is 1. The summed E-state index contributed by atoms with van der Waals surface area (Å²) in [6.45, 7) is 6.81. The minimum Gasteiger partial charge on any atom is -0.446 e. The van der Waals surface area contributed by atoms with Gasteiger partial charge in [0.1, 0.15) is 12.1 Å². The number of nitrogens with zero attached hydrogens (tertiary/aromatic N) is 3. The van der Waals surface area contributed by atoms with Gasteiger partial charge in [0.2, 0.25) is 5.91 Å². The summed E-state index contributed by atoms with van der Waals surface area (Å²) in [6.07, 6.45) is 2.45. The number of azide groups is 1. The molecule has 0 aromatic heterocycles. The molecule has 0 aromatic rings. The summed E-state index contributed by atoms with van der Waals surface area (Å²) in [6, 6.07) is -1.05. The monoisotopic (exact) mass is 321 g/mol. The molecule has 1 heterocycles. The quantitative estimate of drug-likeness (QED) is 0.357. The molecule has 0 aromatic carbocycles. The van der Waals surface area contributed by atoms with Crippen molar-refractivity contribution in [2.75, 3.05) is 6.54 Å². The van der Waals surface area contributed by atoms with E-state index in [1.54, 1.807) is 0 Å². The number of rotatable bonds is 4. The van der Waals surface area contributed by atoms with Crippen molar-refractivity contribution in [2.24, 2.45) is 21.9 Å². The zero-order valence-corrected chi connectivity index (χ0v) is 13.7. The van der Waals surface area contributed by atoms with Crippen molar-refractivity contribution in [2.45, 2.75) is 58.2 Å². The van der Waals surface area contributed by atoms with Gasteiger partial charge < -0.3 is 15.4 Å². The topological polar surface area (TPSA) is 116 Å². The van der Waals surface area contributed by atoms with Gasteiger partial charge in [-0.05, 0) is 36.1 Å². The lowest BCUT2D eigenvalue weighted by Gasteiger charge is -2.39. The van der Waals surface area contributed by atoms with E-state index in [9.17, 15) is 9.59 Å². The van der Waals surface area contributed by atoms with E-state index in [0.29, 0.717) is 5.92 Å². The van der Waals surface area contributed by atoms with Gasteiger partial charge in [0.05, 0.1) is 6.04 Å². The van der Waals surface area contributed by atoms with Gasteiger partial charge in [-0.2, -0.15) is 0 Å². The van der Waals surface area contributed by atoms with E-state index in [0.717, 1.165) is 12.8 Å². The van der Waals surface area contributed by atoms with Gasteiger partial charge in [-0.25, -0.2) is 4.79 Å². The number of carbonyl (C=O) groups excluding carboxylic acids is 2. The minimum atomic E-state index is -0.688. The summed E-state index contributed by atoms with van der Waals surface area (Å²) in [7, 11) is 0. The van der Waals surface area contributed by atoms with E-state index in [1.807, 2.05) is 0 Å². The Balaban J connectivity index is 1.58. The summed E-state index contributed by atoms with van der Waals surface area (Å²) in [5.74, 6) is 0.301. The average Bonchev–Trinajstić information content (AvgIpc) is 2.82. The maximum Gasteiger partial charge on any atom is 0.408 e. The molecule has 8 heteroatoms. The molecule has 2 saturated carbocycles. The standard InChI is InChI=1S/C15H23N5O3/c1-14(2)8-4-5-15(14,3)10(6-8)23-13(22)19-11-9(7-17-20-16)18-12(11)21/h8-11H,4-7H2,1-3H3,(H,18,21)(H,19,22). The lowest BCUT2D eigenvalue weighted by molar-refractivity contribution is -0.131. The van der Waals surface area contributed by atoms with Crippen LogP contribution in [0.25, 0.3) is 10.4 Å². The van der Waals surface area contributed by atoms with Crippen molar-refractivity contribution < 1.29 is 14.3 Å². The molecule has 1 saturated heterocycles. The first-order valence-corrected chi connectivity index (χ1v) is 8.08. The van der Waals surface area contributed by atoms with E-state index < -0.39 is 12.1 Å². The summed E-state index contributed by atoms with van der Waals surface area (Å²) in [5.41, 5.74) is 8.48. The summed E-state index contributed by atoms with van der Waals surface area (Å²) < 4.78 is 5.66. The van der Waals surface area contributed by atoms with Gasteiger partial charge >= 0.3 is 6.09 Å². The first kappa shape index (κ1) is 15.9. The maximum atomic E-state index is 12.2. The third kappa shape index (κ3) is 2.32. The van der Waals surface area contributed by atoms with Crippen LogP contribution in [-0.4, -0.2) is 36.7 Å². The van der Waals surface area contributed by atoms with Crippen LogP contribution >= 0.6 is 0 Å². The number of nitrogens with one attached hydrogen (secondary N) is 2. The Kier molecular flexibility index (Phi) is 3.67. The zero-order valence-electron chi connectivity index (χ0n) is 13.7. The second kappa shape index (κ2) is 5.30. The van der Waals surface area contributed by atoms with Gasteiger partial charge in [0, 0.05) is 16.9 Å². The SMILES string of the molecule is CC1(C)C2CCC1(C)C(OC(=O)NC1C(=O)NC1CN=[N+]=[N-])C2. The first-order valence-electron chi connectivity index (χ1n) is 8.08. The molecule has 2 aliphatic carbocycles. The van der Waals surface area contributed by atoms with Gasteiger partial charge in [-0.1, -0.05) is 25.9 Å². The predicted molar refractivity (Wildman–Crippen MR) is 82.4 cm³/mol. The molecular weight excluding hydrogens is 298 g/mol. The largest absolute Gasteiger partial charge is 0.446 e. The van der Waals surface area contributed by atoms with E-state index in [4.69, 9.17) is 10.3 Å². The Morgan fingerprint density at radius 3 is 2.78 bits per heavy atom.